The van der Waals surface area contributed by atoms with Crippen LogP contribution in [0.4, 0.5) is 0 Å². The second-order valence-electron chi connectivity index (χ2n) is 10.1. The van der Waals surface area contributed by atoms with Crippen LogP contribution in [0.25, 0.3) is 0 Å². The van der Waals surface area contributed by atoms with Crippen LogP contribution in [0.2, 0.25) is 0 Å². The zero-order chi connectivity index (χ0) is 16.1. The van der Waals surface area contributed by atoms with Crippen LogP contribution in [0, 0.1) is 34.0 Å². The van der Waals surface area contributed by atoms with Crippen molar-refractivity contribution >= 4 is 5.97 Å². The zero-order valence-electron chi connectivity index (χ0n) is 14.6. The summed E-state index contributed by atoms with van der Waals surface area (Å²) in [5.41, 5.74) is -0.174. The molecular weight excluding hydrogens is 288 g/mol. The SMILES string of the molecule is C[C@]12CCC[C@@]3(COC1=O)[C@@H]1CC[C@@H]4C[C@@]1(CC[C@@H]32)C[C@@]4(C)O. The van der Waals surface area contributed by atoms with Crippen molar-refractivity contribution in [2.75, 3.05) is 6.61 Å². The summed E-state index contributed by atoms with van der Waals surface area (Å²) in [6.07, 6.45) is 10.4. The number of hydrogen-bond donors (Lipinski definition) is 1. The lowest BCUT2D eigenvalue weighted by Gasteiger charge is -2.66. The fourth-order valence-corrected chi connectivity index (χ4v) is 8.36. The lowest BCUT2D eigenvalue weighted by molar-refractivity contribution is -0.233. The van der Waals surface area contributed by atoms with Crippen molar-refractivity contribution in [3.05, 3.63) is 0 Å². The van der Waals surface area contributed by atoms with Crippen molar-refractivity contribution < 1.29 is 14.6 Å². The molecule has 4 saturated carbocycles. The second kappa shape index (κ2) is 4.15. The van der Waals surface area contributed by atoms with Gasteiger partial charge in [-0.05, 0) is 88.4 Å². The summed E-state index contributed by atoms with van der Waals surface area (Å²) in [6, 6.07) is 0. The van der Waals surface area contributed by atoms with Crippen molar-refractivity contribution in [3.8, 4) is 0 Å². The Bertz CT molecular complexity index is 569. The maximum atomic E-state index is 12.5. The van der Waals surface area contributed by atoms with E-state index >= 15 is 0 Å². The van der Waals surface area contributed by atoms with Gasteiger partial charge in [-0.2, -0.15) is 0 Å². The molecule has 1 heterocycles. The summed E-state index contributed by atoms with van der Waals surface area (Å²) < 4.78 is 5.81. The molecule has 0 radical (unpaired) electrons. The fraction of sp³-hybridized carbons (Fsp3) is 0.950. The third kappa shape index (κ3) is 1.59. The first-order valence-corrected chi connectivity index (χ1v) is 9.72. The molecule has 0 unspecified atom stereocenters. The van der Waals surface area contributed by atoms with E-state index in [1.807, 2.05) is 0 Å². The lowest BCUT2D eigenvalue weighted by Crippen LogP contribution is -2.64. The Balaban J connectivity index is 1.60. The van der Waals surface area contributed by atoms with E-state index in [0.29, 0.717) is 29.8 Å². The minimum absolute atomic E-state index is 0.0703. The smallest absolute Gasteiger partial charge is 0.312 e. The number of fused-ring (bicyclic) bond motifs is 1. The molecule has 1 N–H and O–H groups in total. The maximum Gasteiger partial charge on any atom is 0.312 e. The monoisotopic (exact) mass is 318 g/mol. The second-order valence-corrected chi connectivity index (χ2v) is 10.1. The van der Waals surface area contributed by atoms with E-state index in [2.05, 4.69) is 13.8 Å². The van der Waals surface area contributed by atoms with Crippen LogP contribution in [0.1, 0.15) is 71.6 Å². The van der Waals surface area contributed by atoms with E-state index in [0.717, 1.165) is 12.8 Å². The molecule has 0 amide bonds. The van der Waals surface area contributed by atoms with E-state index in [1.165, 1.54) is 44.9 Å². The van der Waals surface area contributed by atoms with Crippen LogP contribution in [0.5, 0.6) is 0 Å². The molecule has 7 atom stereocenters. The highest BCUT2D eigenvalue weighted by Crippen LogP contribution is 2.74. The van der Waals surface area contributed by atoms with Crippen molar-refractivity contribution in [2.45, 2.75) is 77.2 Å². The first kappa shape index (κ1) is 14.7. The molecule has 0 aromatic rings. The highest BCUT2D eigenvalue weighted by atomic mass is 16.5. The first-order chi connectivity index (χ1) is 10.8. The van der Waals surface area contributed by atoms with Crippen molar-refractivity contribution in [2.24, 2.45) is 34.0 Å². The van der Waals surface area contributed by atoms with Gasteiger partial charge in [-0.1, -0.05) is 6.42 Å². The number of esters is 1. The number of ether oxygens (including phenoxy) is 1. The number of carbonyl (C=O) groups excluding carboxylic acids is 1. The maximum absolute atomic E-state index is 12.5. The molecule has 1 saturated heterocycles. The highest BCUT2D eigenvalue weighted by Gasteiger charge is 2.70. The molecular formula is C20H30O3. The van der Waals surface area contributed by atoms with Crippen LogP contribution < -0.4 is 0 Å². The Labute approximate surface area is 139 Å². The molecule has 1 aliphatic heterocycles. The molecule has 4 aliphatic carbocycles. The van der Waals surface area contributed by atoms with E-state index in [4.69, 9.17) is 4.74 Å². The van der Waals surface area contributed by atoms with Gasteiger partial charge in [-0.25, -0.2) is 0 Å². The number of cyclic esters (lactones) is 1. The summed E-state index contributed by atoms with van der Waals surface area (Å²) in [7, 11) is 0. The zero-order valence-corrected chi connectivity index (χ0v) is 14.6. The van der Waals surface area contributed by atoms with Gasteiger partial charge in [-0.3, -0.25) is 4.79 Å². The average molecular weight is 318 g/mol. The average Bonchev–Trinajstić information content (AvgIpc) is 2.68. The predicted octanol–water partition coefficient (Wildman–Crippen LogP) is 3.69. The van der Waals surface area contributed by atoms with Crippen molar-refractivity contribution in [1.29, 1.82) is 0 Å². The number of rotatable bonds is 0. The number of hydrogen-bond acceptors (Lipinski definition) is 3. The molecule has 0 aromatic heterocycles. The molecule has 128 valence electrons. The Morgan fingerprint density at radius 1 is 1.09 bits per heavy atom. The Kier molecular flexibility index (Phi) is 2.66. The molecule has 5 aliphatic rings. The van der Waals surface area contributed by atoms with Crippen LogP contribution in [-0.4, -0.2) is 23.3 Å². The van der Waals surface area contributed by atoms with Gasteiger partial charge in [-0.15, -0.1) is 0 Å². The van der Waals surface area contributed by atoms with Gasteiger partial charge in [0, 0.05) is 5.41 Å². The summed E-state index contributed by atoms with van der Waals surface area (Å²) >= 11 is 0. The largest absolute Gasteiger partial charge is 0.465 e. The van der Waals surface area contributed by atoms with Crippen molar-refractivity contribution in [3.63, 3.8) is 0 Å². The van der Waals surface area contributed by atoms with E-state index in [1.54, 1.807) is 0 Å². The summed E-state index contributed by atoms with van der Waals surface area (Å²) in [4.78, 5) is 12.5. The molecule has 4 bridgehead atoms. The minimum atomic E-state index is -0.471. The molecule has 5 fully saturated rings. The Morgan fingerprint density at radius 3 is 2.74 bits per heavy atom. The summed E-state index contributed by atoms with van der Waals surface area (Å²) in [6.45, 7) is 4.91. The summed E-state index contributed by atoms with van der Waals surface area (Å²) in [5, 5.41) is 10.9. The summed E-state index contributed by atoms with van der Waals surface area (Å²) in [5.74, 6) is 1.74. The van der Waals surface area contributed by atoms with Crippen LogP contribution in [-0.2, 0) is 9.53 Å². The van der Waals surface area contributed by atoms with Gasteiger partial charge in [0.1, 0.15) is 0 Å². The number of aliphatic hydroxyl groups is 1. The Hall–Kier alpha value is -0.570. The first-order valence-electron chi connectivity index (χ1n) is 9.72. The molecule has 3 nitrogen and oxygen atoms in total. The van der Waals surface area contributed by atoms with E-state index < -0.39 is 5.60 Å². The van der Waals surface area contributed by atoms with E-state index in [9.17, 15) is 9.90 Å². The molecule has 3 heteroatoms. The van der Waals surface area contributed by atoms with Crippen molar-refractivity contribution in [1.82, 2.24) is 0 Å². The standard InChI is InChI=1S/C20H30O3/c1-17-7-3-8-20(12-23-16(17)21)14(17)6-9-19-10-13(4-5-15(19)20)18(2,22)11-19/h13-15,22H,3-12H2,1-2H3/t13-,14-,15-,17-,18-,19+,20+/m1/s1. The van der Waals surface area contributed by atoms with Crippen LogP contribution >= 0.6 is 0 Å². The third-order valence-electron chi connectivity index (χ3n) is 9.15. The highest BCUT2D eigenvalue weighted by molar-refractivity contribution is 5.78. The third-order valence-corrected chi connectivity index (χ3v) is 9.15. The van der Waals surface area contributed by atoms with E-state index in [-0.39, 0.29) is 16.8 Å². The lowest BCUT2D eigenvalue weighted by atomic mass is 9.40. The van der Waals surface area contributed by atoms with Gasteiger partial charge < -0.3 is 9.84 Å². The molecule has 5 rings (SSSR count). The van der Waals surface area contributed by atoms with Gasteiger partial charge in [0.25, 0.3) is 0 Å². The number of carbonyl (C=O) groups is 1. The normalized spacial score (nSPS) is 60.7. The molecule has 0 aromatic carbocycles. The minimum Gasteiger partial charge on any atom is -0.465 e. The van der Waals surface area contributed by atoms with Gasteiger partial charge in [0.2, 0.25) is 0 Å². The molecule has 1 spiro atoms. The van der Waals surface area contributed by atoms with Crippen LogP contribution in [0.3, 0.4) is 0 Å². The van der Waals surface area contributed by atoms with Gasteiger partial charge in [0.15, 0.2) is 0 Å². The quantitative estimate of drug-likeness (QED) is 0.693. The van der Waals surface area contributed by atoms with Crippen LogP contribution in [0.15, 0.2) is 0 Å². The Morgan fingerprint density at radius 2 is 1.91 bits per heavy atom. The molecule has 23 heavy (non-hydrogen) atoms. The fourth-order valence-electron chi connectivity index (χ4n) is 8.36. The van der Waals surface area contributed by atoms with Gasteiger partial charge in [0.05, 0.1) is 17.6 Å². The predicted molar refractivity (Wildman–Crippen MR) is 86.6 cm³/mol. The van der Waals surface area contributed by atoms with Gasteiger partial charge >= 0.3 is 5.97 Å². The topological polar surface area (TPSA) is 46.5 Å².